The first-order chi connectivity index (χ1) is 13.7. The molecule has 0 saturated heterocycles. The number of terminal acetylenes is 1. The normalized spacial score (nSPS) is 10.9. The van der Waals surface area contributed by atoms with Gasteiger partial charge < -0.3 is 14.6 Å². The van der Waals surface area contributed by atoms with Crippen LogP contribution < -0.4 is 10.1 Å². The molecule has 0 aliphatic heterocycles. The van der Waals surface area contributed by atoms with Crippen molar-refractivity contribution in [2.75, 3.05) is 7.11 Å². The van der Waals surface area contributed by atoms with Crippen molar-refractivity contribution in [3.8, 4) is 24.2 Å². The van der Waals surface area contributed by atoms with Crippen molar-refractivity contribution in [1.82, 2.24) is 9.88 Å². The van der Waals surface area contributed by atoms with Gasteiger partial charge in [-0.2, -0.15) is 5.26 Å². The molecule has 0 aliphatic carbocycles. The molecule has 0 unspecified atom stereocenters. The Morgan fingerprint density at radius 1 is 1.25 bits per heavy atom. The molecule has 1 aromatic heterocycles. The fraction of sp³-hybridized carbons (Fsp3) is 0.130. The number of methoxy groups -OCH3 is 1. The van der Waals surface area contributed by atoms with E-state index in [9.17, 15) is 10.1 Å². The lowest BCUT2D eigenvalue weighted by Gasteiger charge is -2.05. The Hall–Kier alpha value is -3.96. The number of hydrogen-bond acceptors (Lipinski definition) is 3. The van der Waals surface area contributed by atoms with E-state index in [1.54, 1.807) is 13.2 Å². The molecule has 0 radical (unpaired) electrons. The van der Waals surface area contributed by atoms with Crippen LogP contribution in [-0.4, -0.2) is 17.6 Å². The predicted molar refractivity (Wildman–Crippen MR) is 109 cm³/mol. The highest BCUT2D eigenvalue weighted by Crippen LogP contribution is 2.23. The lowest BCUT2D eigenvalue weighted by molar-refractivity contribution is -0.117. The van der Waals surface area contributed by atoms with Crippen molar-refractivity contribution in [1.29, 1.82) is 5.26 Å². The Bertz CT molecular complexity index is 1110. The zero-order valence-electron chi connectivity index (χ0n) is 15.5. The number of nitriles is 1. The molecule has 28 heavy (non-hydrogen) atoms. The minimum atomic E-state index is -0.424. The Balaban J connectivity index is 1.81. The highest BCUT2D eigenvalue weighted by Gasteiger charge is 2.12. The highest BCUT2D eigenvalue weighted by molar-refractivity contribution is 6.04. The van der Waals surface area contributed by atoms with Crippen LogP contribution in [0.1, 0.15) is 11.1 Å². The van der Waals surface area contributed by atoms with E-state index >= 15 is 0 Å². The fourth-order valence-electron chi connectivity index (χ4n) is 2.94. The van der Waals surface area contributed by atoms with Gasteiger partial charge in [-0.25, -0.2) is 0 Å². The zero-order chi connectivity index (χ0) is 19.9. The summed E-state index contributed by atoms with van der Waals surface area (Å²) in [7, 11) is 1.60. The van der Waals surface area contributed by atoms with E-state index in [0.29, 0.717) is 13.1 Å². The molecule has 2 aromatic carbocycles. The number of aromatic nitrogens is 1. The Kier molecular flexibility index (Phi) is 5.79. The second-order valence-electron chi connectivity index (χ2n) is 6.13. The third-order valence-electron chi connectivity index (χ3n) is 4.36. The maximum absolute atomic E-state index is 12.5. The van der Waals surface area contributed by atoms with Crippen LogP contribution in [0.4, 0.5) is 0 Å². The molecule has 138 valence electrons. The molecule has 5 nitrogen and oxygen atoms in total. The second-order valence-corrected chi connectivity index (χ2v) is 6.13. The van der Waals surface area contributed by atoms with Gasteiger partial charge in [0.1, 0.15) is 17.4 Å². The van der Waals surface area contributed by atoms with Crippen LogP contribution in [0.15, 0.2) is 60.3 Å². The first-order valence-electron chi connectivity index (χ1n) is 8.70. The van der Waals surface area contributed by atoms with Gasteiger partial charge in [-0.05, 0) is 29.8 Å². The Morgan fingerprint density at radius 3 is 2.68 bits per heavy atom. The summed E-state index contributed by atoms with van der Waals surface area (Å²) >= 11 is 0. The van der Waals surface area contributed by atoms with Crippen molar-refractivity contribution in [3.05, 3.63) is 71.4 Å². The van der Waals surface area contributed by atoms with E-state index in [1.807, 2.05) is 65.4 Å². The number of benzene rings is 2. The number of ether oxygens (including phenoxy) is 1. The molecular formula is C23H19N3O2. The van der Waals surface area contributed by atoms with E-state index in [0.717, 1.165) is 27.8 Å². The number of fused-ring (bicyclic) bond motifs is 1. The molecule has 1 N–H and O–H groups in total. The van der Waals surface area contributed by atoms with Gasteiger partial charge in [-0.15, -0.1) is 6.42 Å². The quantitative estimate of drug-likeness (QED) is 0.411. The molecule has 1 heterocycles. The number of carbonyl (C=O) groups is 1. The summed E-state index contributed by atoms with van der Waals surface area (Å²) in [5.41, 5.74) is 2.69. The largest absolute Gasteiger partial charge is 0.497 e. The smallest absolute Gasteiger partial charge is 0.262 e. The topological polar surface area (TPSA) is 67.0 Å². The van der Waals surface area contributed by atoms with Crippen molar-refractivity contribution in [3.63, 3.8) is 0 Å². The first kappa shape index (κ1) is 18.8. The lowest BCUT2D eigenvalue weighted by Crippen LogP contribution is -2.23. The van der Waals surface area contributed by atoms with Crippen LogP contribution >= 0.6 is 0 Å². The van der Waals surface area contributed by atoms with Gasteiger partial charge in [-0.3, -0.25) is 4.79 Å². The summed E-state index contributed by atoms with van der Waals surface area (Å²) in [4.78, 5) is 12.5. The van der Waals surface area contributed by atoms with Gasteiger partial charge in [0.25, 0.3) is 5.91 Å². The van der Waals surface area contributed by atoms with E-state index in [1.165, 1.54) is 0 Å². The average molecular weight is 369 g/mol. The van der Waals surface area contributed by atoms with E-state index in [-0.39, 0.29) is 5.57 Å². The summed E-state index contributed by atoms with van der Waals surface area (Å²) in [5.74, 6) is 2.94. The predicted octanol–water partition coefficient (Wildman–Crippen LogP) is 3.51. The molecule has 5 heteroatoms. The van der Waals surface area contributed by atoms with Crippen molar-refractivity contribution < 1.29 is 9.53 Å². The van der Waals surface area contributed by atoms with Gasteiger partial charge in [0, 0.05) is 29.2 Å². The second kappa shape index (κ2) is 8.62. The van der Waals surface area contributed by atoms with Gasteiger partial charge in [0.15, 0.2) is 0 Å². The standard InChI is InChI=1S/C23H19N3O2/c1-3-12-26-16-19(21-6-4-5-7-22(21)26)13-18(14-24)23(27)25-15-17-8-10-20(28-2)11-9-17/h1,4-11,13,16H,12,15H2,2H3,(H,25,27). The molecular weight excluding hydrogens is 350 g/mol. The third-order valence-corrected chi connectivity index (χ3v) is 4.36. The zero-order valence-corrected chi connectivity index (χ0v) is 15.5. The van der Waals surface area contributed by atoms with Crippen LogP contribution in [0.25, 0.3) is 17.0 Å². The summed E-state index contributed by atoms with van der Waals surface area (Å²) in [6.45, 7) is 0.737. The number of amides is 1. The maximum atomic E-state index is 12.5. The Morgan fingerprint density at radius 2 is 2.00 bits per heavy atom. The number of para-hydroxylation sites is 1. The first-order valence-corrected chi connectivity index (χ1v) is 8.70. The van der Waals surface area contributed by atoms with Gasteiger partial charge >= 0.3 is 0 Å². The maximum Gasteiger partial charge on any atom is 0.262 e. The molecule has 0 fully saturated rings. The Labute approximate surface area is 163 Å². The number of carbonyl (C=O) groups excluding carboxylic acids is 1. The van der Waals surface area contributed by atoms with Gasteiger partial charge in [0.2, 0.25) is 0 Å². The van der Waals surface area contributed by atoms with Crippen molar-refractivity contribution >= 4 is 22.9 Å². The molecule has 1 amide bonds. The lowest BCUT2D eigenvalue weighted by atomic mass is 10.1. The SMILES string of the molecule is C#CCn1cc(C=C(C#N)C(=O)NCc2ccc(OC)cc2)c2ccccc21. The molecule has 0 atom stereocenters. The summed E-state index contributed by atoms with van der Waals surface area (Å²) in [6, 6.07) is 17.1. The van der Waals surface area contributed by atoms with E-state index in [2.05, 4.69) is 11.2 Å². The summed E-state index contributed by atoms with van der Waals surface area (Å²) < 4.78 is 7.04. The van der Waals surface area contributed by atoms with E-state index in [4.69, 9.17) is 11.2 Å². The average Bonchev–Trinajstić information content (AvgIpc) is 3.08. The number of hydrogen-bond donors (Lipinski definition) is 1. The molecule has 0 aliphatic rings. The van der Waals surface area contributed by atoms with Gasteiger partial charge in [0.05, 0.1) is 13.7 Å². The van der Waals surface area contributed by atoms with Crippen LogP contribution in [0.2, 0.25) is 0 Å². The van der Waals surface area contributed by atoms with Crippen LogP contribution in [0, 0.1) is 23.7 Å². The van der Waals surface area contributed by atoms with Crippen molar-refractivity contribution in [2.24, 2.45) is 0 Å². The van der Waals surface area contributed by atoms with Crippen LogP contribution in [0.3, 0.4) is 0 Å². The molecule has 3 rings (SSSR count). The third kappa shape index (κ3) is 4.06. The minimum absolute atomic E-state index is 0.0390. The highest BCUT2D eigenvalue weighted by atomic mass is 16.5. The number of nitrogens with one attached hydrogen (secondary N) is 1. The monoisotopic (exact) mass is 369 g/mol. The van der Waals surface area contributed by atoms with Crippen LogP contribution in [0.5, 0.6) is 5.75 Å². The summed E-state index contributed by atoms with van der Waals surface area (Å²) in [6.07, 6.45) is 8.89. The number of rotatable bonds is 6. The summed E-state index contributed by atoms with van der Waals surface area (Å²) in [5, 5.41) is 13.2. The van der Waals surface area contributed by atoms with Crippen LogP contribution in [-0.2, 0) is 17.9 Å². The molecule has 0 spiro atoms. The number of nitrogens with zero attached hydrogens (tertiary/aromatic N) is 2. The van der Waals surface area contributed by atoms with Gasteiger partial charge in [-0.1, -0.05) is 36.3 Å². The van der Waals surface area contributed by atoms with Crippen molar-refractivity contribution in [2.45, 2.75) is 13.1 Å². The fourth-order valence-corrected chi connectivity index (χ4v) is 2.94. The molecule has 0 saturated carbocycles. The minimum Gasteiger partial charge on any atom is -0.497 e. The molecule has 3 aromatic rings. The molecule has 0 bridgehead atoms. The van der Waals surface area contributed by atoms with E-state index < -0.39 is 5.91 Å².